The smallest absolute Gasteiger partial charge is 0.339 e. The summed E-state index contributed by atoms with van der Waals surface area (Å²) in [6, 6.07) is 1.64. The van der Waals surface area contributed by atoms with Crippen molar-refractivity contribution in [2.75, 3.05) is 12.4 Å². The standard InChI is InChI=1S/C17H15N3O3S2/c1-2-23-17(22)10-5-9(6-18-7-10)14-19-15(21)13-11-3-4-24-8-12(11)25-16(13)20-14/h5-7H,2-4,8H2,1H3,(H,19,20,21). The molecule has 0 radical (unpaired) electrons. The second kappa shape index (κ2) is 6.61. The number of nitrogens with zero attached hydrogens (tertiary/aromatic N) is 2. The number of hydrogen-bond acceptors (Lipinski definition) is 7. The van der Waals surface area contributed by atoms with Crippen molar-refractivity contribution in [3.63, 3.8) is 0 Å². The first-order valence-corrected chi connectivity index (χ1v) is 9.89. The molecular formula is C17H15N3O3S2. The maximum atomic E-state index is 12.6. The minimum absolute atomic E-state index is 0.133. The molecule has 1 N–H and O–H groups in total. The molecule has 0 saturated carbocycles. The van der Waals surface area contributed by atoms with Crippen LogP contribution in [0.2, 0.25) is 0 Å². The number of H-pyrrole nitrogens is 1. The number of aromatic amines is 1. The number of carbonyl (C=O) groups excluding carboxylic acids is 1. The molecule has 0 saturated heterocycles. The highest BCUT2D eigenvalue weighted by Gasteiger charge is 2.20. The molecule has 128 valence electrons. The maximum absolute atomic E-state index is 12.6. The molecule has 0 aliphatic carbocycles. The number of aromatic nitrogens is 3. The van der Waals surface area contributed by atoms with Crippen LogP contribution in [0.15, 0.2) is 23.3 Å². The van der Waals surface area contributed by atoms with Gasteiger partial charge in [0.1, 0.15) is 10.7 Å². The van der Waals surface area contributed by atoms with Gasteiger partial charge in [0.15, 0.2) is 0 Å². The number of thioether (sulfide) groups is 1. The first-order chi connectivity index (χ1) is 12.2. The molecule has 4 rings (SSSR count). The van der Waals surface area contributed by atoms with Gasteiger partial charge in [-0.25, -0.2) is 9.78 Å². The van der Waals surface area contributed by atoms with Crippen LogP contribution in [-0.4, -0.2) is 33.3 Å². The number of esters is 1. The maximum Gasteiger partial charge on any atom is 0.339 e. The van der Waals surface area contributed by atoms with Crippen molar-refractivity contribution in [3.05, 3.63) is 44.8 Å². The fraction of sp³-hybridized carbons (Fsp3) is 0.294. The molecule has 1 aliphatic heterocycles. The van der Waals surface area contributed by atoms with Crippen LogP contribution in [0.3, 0.4) is 0 Å². The number of fused-ring (bicyclic) bond motifs is 3. The van der Waals surface area contributed by atoms with Gasteiger partial charge in [-0.15, -0.1) is 11.3 Å². The van der Waals surface area contributed by atoms with Crippen molar-refractivity contribution in [3.8, 4) is 11.4 Å². The topological polar surface area (TPSA) is 84.9 Å². The molecule has 4 heterocycles. The highest BCUT2D eigenvalue weighted by atomic mass is 32.2. The normalized spacial score (nSPS) is 13.6. The van der Waals surface area contributed by atoms with Crippen molar-refractivity contribution in [1.82, 2.24) is 15.0 Å². The van der Waals surface area contributed by atoms with Crippen LogP contribution in [0.5, 0.6) is 0 Å². The molecule has 3 aromatic rings. The van der Waals surface area contributed by atoms with Gasteiger partial charge in [-0.1, -0.05) is 0 Å². The summed E-state index contributed by atoms with van der Waals surface area (Å²) in [4.78, 5) is 38.0. The number of carbonyl (C=O) groups is 1. The summed E-state index contributed by atoms with van der Waals surface area (Å²) in [5.74, 6) is 1.95. The van der Waals surface area contributed by atoms with Crippen LogP contribution in [0.1, 0.15) is 27.7 Å². The number of pyridine rings is 1. The van der Waals surface area contributed by atoms with Crippen molar-refractivity contribution >= 4 is 39.3 Å². The largest absolute Gasteiger partial charge is 0.462 e. The van der Waals surface area contributed by atoms with Gasteiger partial charge in [-0.2, -0.15) is 11.8 Å². The zero-order chi connectivity index (χ0) is 17.4. The summed E-state index contributed by atoms with van der Waals surface area (Å²) < 4.78 is 5.00. The molecular weight excluding hydrogens is 358 g/mol. The minimum Gasteiger partial charge on any atom is -0.462 e. The molecule has 0 amide bonds. The van der Waals surface area contributed by atoms with E-state index in [2.05, 4.69) is 15.0 Å². The molecule has 25 heavy (non-hydrogen) atoms. The van der Waals surface area contributed by atoms with E-state index in [9.17, 15) is 9.59 Å². The third-order valence-corrected chi connectivity index (χ3v) is 6.29. The highest BCUT2D eigenvalue weighted by Crippen LogP contribution is 2.35. The SMILES string of the molecule is CCOC(=O)c1cncc(-c2nc3sc4c(c3c(=O)[nH]2)CCSC4)c1. The molecule has 8 heteroatoms. The number of rotatable bonds is 3. The van der Waals surface area contributed by atoms with Gasteiger partial charge in [0.2, 0.25) is 0 Å². The summed E-state index contributed by atoms with van der Waals surface area (Å²) in [5, 5.41) is 0.707. The van der Waals surface area contributed by atoms with Crippen molar-refractivity contribution in [2.24, 2.45) is 0 Å². The predicted octanol–water partition coefficient (Wildman–Crippen LogP) is 3.01. The fourth-order valence-corrected chi connectivity index (χ4v) is 5.22. The second-order valence-corrected chi connectivity index (χ2v) is 7.77. The summed E-state index contributed by atoms with van der Waals surface area (Å²) in [7, 11) is 0. The van der Waals surface area contributed by atoms with Crippen molar-refractivity contribution in [2.45, 2.75) is 19.1 Å². The lowest BCUT2D eigenvalue weighted by molar-refractivity contribution is 0.0526. The van der Waals surface area contributed by atoms with Crippen LogP contribution in [0, 0.1) is 0 Å². The Morgan fingerprint density at radius 2 is 2.28 bits per heavy atom. The van der Waals surface area contributed by atoms with E-state index in [1.54, 1.807) is 30.5 Å². The van der Waals surface area contributed by atoms with E-state index in [1.165, 1.54) is 11.1 Å². The summed E-state index contributed by atoms with van der Waals surface area (Å²) >= 11 is 3.46. The summed E-state index contributed by atoms with van der Waals surface area (Å²) in [6.07, 6.45) is 3.93. The van der Waals surface area contributed by atoms with E-state index < -0.39 is 5.97 Å². The Morgan fingerprint density at radius 1 is 1.40 bits per heavy atom. The number of nitrogens with one attached hydrogen (secondary N) is 1. The fourth-order valence-electron chi connectivity index (χ4n) is 2.86. The molecule has 0 unspecified atom stereocenters. The van der Waals surface area contributed by atoms with Gasteiger partial charge in [-0.05, 0) is 30.7 Å². The van der Waals surface area contributed by atoms with Crippen molar-refractivity contribution < 1.29 is 9.53 Å². The summed E-state index contributed by atoms with van der Waals surface area (Å²) in [5.41, 5.74) is 1.93. The van der Waals surface area contributed by atoms with Gasteiger partial charge >= 0.3 is 5.97 Å². The van der Waals surface area contributed by atoms with Gasteiger partial charge < -0.3 is 9.72 Å². The number of thiophene rings is 1. The Bertz CT molecular complexity index is 1030. The van der Waals surface area contributed by atoms with Gasteiger partial charge in [0.25, 0.3) is 5.56 Å². The van der Waals surface area contributed by atoms with Gasteiger partial charge in [0, 0.05) is 28.6 Å². The van der Waals surface area contributed by atoms with E-state index in [0.29, 0.717) is 28.9 Å². The molecule has 0 aromatic carbocycles. The van der Waals surface area contributed by atoms with E-state index in [1.807, 2.05) is 11.8 Å². The Balaban J connectivity index is 1.81. The number of hydrogen-bond donors (Lipinski definition) is 1. The average molecular weight is 373 g/mol. The van der Waals surface area contributed by atoms with Gasteiger partial charge in [-0.3, -0.25) is 9.78 Å². The Morgan fingerprint density at radius 3 is 3.12 bits per heavy atom. The van der Waals surface area contributed by atoms with E-state index >= 15 is 0 Å². The van der Waals surface area contributed by atoms with E-state index in [4.69, 9.17) is 4.74 Å². The molecule has 1 aliphatic rings. The molecule has 0 spiro atoms. The lowest BCUT2D eigenvalue weighted by atomic mass is 10.1. The number of aryl methyl sites for hydroxylation is 1. The molecule has 0 atom stereocenters. The molecule has 0 fully saturated rings. The molecule has 3 aromatic heterocycles. The van der Waals surface area contributed by atoms with Crippen LogP contribution < -0.4 is 5.56 Å². The monoisotopic (exact) mass is 373 g/mol. The quantitative estimate of drug-likeness (QED) is 0.711. The minimum atomic E-state index is -0.441. The highest BCUT2D eigenvalue weighted by molar-refractivity contribution is 7.98. The zero-order valence-corrected chi connectivity index (χ0v) is 15.1. The van der Waals surface area contributed by atoms with Crippen LogP contribution in [0.4, 0.5) is 0 Å². The van der Waals surface area contributed by atoms with E-state index in [-0.39, 0.29) is 5.56 Å². The van der Waals surface area contributed by atoms with E-state index in [0.717, 1.165) is 28.3 Å². The average Bonchev–Trinajstić information content (AvgIpc) is 3.01. The first-order valence-electron chi connectivity index (χ1n) is 7.92. The molecule has 6 nitrogen and oxygen atoms in total. The summed E-state index contributed by atoms with van der Waals surface area (Å²) in [6.45, 7) is 2.04. The van der Waals surface area contributed by atoms with Crippen LogP contribution in [-0.2, 0) is 16.9 Å². The second-order valence-electron chi connectivity index (χ2n) is 5.58. The third kappa shape index (κ3) is 2.96. The Kier molecular flexibility index (Phi) is 4.30. The predicted molar refractivity (Wildman–Crippen MR) is 99.3 cm³/mol. The Labute approximate surface area is 151 Å². The number of ether oxygens (including phenoxy) is 1. The third-order valence-electron chi connectivity index (χ3n) is 4.00. The lowest BCUT2D eigenvalue weighted by Gasteiger charge is -2.09. The Hall–Kier alpha value is -2.19. The van der Waals surface area contributed by atoms with Crippen LogP contribution >= 0.6 is 23.1 Å². The van der Waals surface area contributed by atoms with Crippen molar-refractivity contribution in [1.29, 1.82) is 0 Å². The molecule has 0 bridgehead atoms. The van der Waals surface area contributed by atoms with Crippen LogP contribution in [0.25, 0.3) is 21.6 Å². The lowest BCUT2D eigenvalue weighted by Crippen LogP contribution is -2.12. The van der Waals surface area contributed by atoms with Gasteiger partial charge in [0.05, 0.1) is 17.6 Å². The zero-order valence-electron chi connectivity index (χ0n) is 13.5. The first kappa shape index (κ1) is 16.3.